The molecule has 0 saturated carbocycles. The standard InChI is InChI=1S/C15H34N2/c1-13(2)11-16-9-7-8-10-17(15(5)6)12-14(3)4/h13-16H,7-12H2,1-6H3. The second-order valence-corrected chi connectivity index (χ2v) is 6.29. The van der Waals surface area contributed by atoms with Crippen molar-refractivity contribution in [2.75, 3.05) is 26.2 Å². The molecule has 0 aliphatic carbocycles. The zero-order chi connectivity index (χ0) is 13.3. The van der Waals surface area contributed by atoms with Crippen molar-refractivity contribution in [3.05, 3.63) is 0 Å². The average molecular weight is 242 g/mol. The summed E-state index contributed by atoms with van der Waals surface area (Å²) in [6.45, 7) is 18.5. The van der Waals surface area contributed by atoms with Crippen molar-refractivity contribution in [2.45, 2.75) is 60.4 Å². The van der Waals surface area contributed by atoms with Gasteiger partial charge in [-0.05, 0) is 58.2 Å². The van der Waals surface area contributed by atoms with Crippen LogP contribution < -0.4 is 5.32 Å². The van der Waals surface area contributed by atoms with E-state index in [0.29, 0.717) is 6.04 Å². The van der Waals surface area contributed by atoms with E-state index in [9.17, 15) is 0 Å². The average Bonchev–Trinajstić information content (AvgIpc) is 2.20. The molecule has 0 amide bonds. The largest absolute Gasteiger partial charge is 0.316 e. The van der Waals surface area contributed by atoms with E-state index in [2.05, 4.69) is 51.8 Å². The molecule has 1 N–H and O–H groups in total. The molecule has 0 atom stereocenters. The summed E-state index contributed by atoms with van der Waals surface area (Å²) in [7, 11) is 0. The molecule has 0 aromatic carbocycles. The summed E-state index contributed by atoms with van der Waals surface area (Å²) in [6.07, 6.45) is 2.62. The van der Waals surface area contributed by atoms with Gasteiger partial charge in [-0.2, -0.15) is 0 Å². The van der Waals surface area contributed by atoms with E-state index >= 15 is 0 Å². The third-order valence-electron chi connectivity index (χ3n) is 2.93. The Kier molecular flexibility index (Phi) is 9.85. The summed E-state index contributed by atoms with van der Waals surface area (Å²) < 4.78 is 0. The lowest BCUT2D eigenvalue weighted by molar-refractivity contribution is 0.194. The fourth-order valence-corrected chi connectivity index (χ4v) is 1.98. The molecule has 2 nitrogen and oxygen atoms in total. The molecule has 0 aromatic heterocycles. The van der Waals surface area contributed by atoms with Gasteiger partial charge in [-0.1, -0.05) is 27.7 Å². The highest BCUT2D eigenvalue weighted by Crippen LogP contribution is 2.05. The van der Waals surface area contributed by atoms with Crippen LogP contribution in [0.2, 0.25) is 0 Å². The normalized spacial score (nSPS) is 12.4. The Labute approximate surface area is 109 Å². The van der Waals surface area contributed by atoms with E-state index < -0.39 is 0 Å². The first-order valence-corrected chi connectivity index (χ1v) is 7.38. The summed E-state index contributed by atoms with van der Waals surface area (Å²) in [5, 5.41) is 3.51. The van der Waals surface area contributed by atoms with Gasteiger partial charge in [0.25, 0.3) is 0 Å². The van der Waals surface area contributed by atoms with Gasteiger partial charge in [-0.3, -0.25) is 0 Å². The van der Waals surface area contributed by atoms with Crippen LogP contribution in [0.1, 0.15) is 54.4 Å². The Bertz CT molecular complexity index is 164. The maximum Gasteiger partial charge on any atom is 0.00387 e. The molecule has 0 fully saturated rings. The van der Waals surface area contributed by atoms with Crippen LogP contribution >= 0.6 is 0 Å². The Morgan fingerprint density at radius 2 is 1.53 bits per heavy atom. The quantitative estimate of drug-likeness (QED) is 0.591. The maximum atomic E-state index is 3.51. The Morgan fingerprint density at radius 3 is 2.00 bits per heavy atom. The second-order valence-electron chi connectivity index (χ2n) is 6.29. The van der Waals surface area contributed by atoms with Crippen molar-refractivity contribution < 1.29 is 0 Å². The van der Waals surface area contributed by atoms with Gasteiger partial charge in [-0.15, -0.1) is 0 Å². The van der Waals surface area contributed by atoms with Crippen molar-refractivity contribution in [1.82, 2.24) is 10.2 Å². The van der Waals surface area contributed by atoms with Crippen LogP contribution in [0.5, 0.6) is 0 Å². The Morgan fingerprint density at radius 1 is 0.882 bits per heavy atom. The van der Waals surface area contributed by atoms with Crippen molar-refractivity contribution in [3.8, 4) is 0 Å². The smallest absolute Gasteiger partial charge is 0.00387 e. The summed E-state index contributed by atoms with van der Waals surface area (Å²) in [4.78, 5) is 2.60. The van der Waals surface area contributed by atoms with Gasteiger partial charge < -0.3 is 10.2 Å². The predicted molar refractivity (Wildman–Crippen MR) is 78.5 cm³/mol. The molecule has 0 aromatic rings. The third-order valence-corrected chi connectivity index (χ3v) is 2.93. The van der Waals surface area contributed by atoms with Gasteiger partial charge in [0.05, 0.1) is 0 Å². The summed E-state index contributed by atoms with van der Waals surface area (Å²) in [6, 6.07) is 0.682. The van der Waals surface area contributed by atoms with Crippen LogP contribution in [0.15, 0.2) is 0 Å². The zero-order valence-electron chi connectivity index (χ0n) is 12.9. The van der Waals surface area contributed by atoms with Crippen molar-refractivity contribution in [2.24, 2.45) is 11.8 Å². The van der Waals surface area contributed by atoms with Gasteiger partial charge in [0, 0.05) is 12.6 Å². The molecule has 0 saturated heterocycles. The summed E-state index contributed by atoms with van der Waals surface area (Å²) in [5.74, 6) is 1.54. The number of rotatable bonds is 10. The highest BCUT2D eigenvalue weighted by atomic mass is 15.1. The molecule has 0 aliphatic heterocycles. The maximum absolute atomic E-state index is 3.51. The number of unbranched alkanes of at least 4 members (excludes halogenated alkanes) is 1. The van der Waals surface area contributed by atoms with Gasteiger partial charge in [-0.25, -0.2) is 0 Å². The van der Waals surface area contributed by atoms with Gasteiger partial charge in [0.15, 0.2) is 0 Å². The Balaban J connectivity index is 3.54. The first-order valence-electron chi connectivity index (χ1n) is 7.38. The van der Waals surface area contributed by atoms with E-state index in [1.165, 1.54) is 32.5 Å². The Hall–Kier alpha value is -0.0800. The molecule has 0 heterocycles. The number of nitrogens with one attached hydrogen (secondary N) is 1. The van der Waals surface area contributed by atoms with E-state index in [1.807, 2.05) is 0 Å². The van der Waals surface area contributed by atoms with E-state index in [4.69, 9.17) is 0 Å². The van der Waals surface area contributed by atoms with Crippen LogP contribution in [-0.4, -0.2) is 37.1 Å². The molecule has 0 rings (SSSR count). The lowest BCUT2D eigenvalue weighted by Crippen LogP contribution is -2.35. The van der Waals surface area contributed by atoms with Crippen LogP contribution in [-0.2, 0) is 0 Å². The number of nitrogens with zero attached hydrogens (tertiary/aromatic N) is 1. The first kappa shape index (κ1) is 16.9. The fourth-order valence-electron chi connectivity index (χ4n) is 1.98. The molecule has 2 heteroatoms. The molecule has 0 bridgehead atoms. The zero-order valence-corrected chi connectivity index (χ0v) is 12.9. The van der Waals surface area contributed by atoms with E-state index in [1.54, 1.807) is 0 Å². The van der Waals surface area contributed by atoms with Crippen molar-refractivity contribution in [3.63, 3.8) is 0 Å². The molecule has 0 radical (unpaired) electrons. The first-order chi connectivity index (χ1) is 7.93. The molecular weight excluding hydrogens is 208 g/mol. The molecular formula is C15H34N2. The molecule has 0 aliphatic rings. The van der Waals surface area contributed by atoms with E-state index in [-0.39, 0.29) is 0 Å². The minimum Gasteiger partial charge on any atom is -0.316 e. The molecule has 17 heavy (non-hydrogen) atoms. The van der Waals surface area contributed by atoms with Crippen LogP contribution in [0.3, 0.4) is 0 Å². The van der Waals surface area contributed by atoms with Crippen LogP contribution in [0, 0.1) is 11.8 Å². The lowest BCUT2D eigenvalue weighted by Gasteiger charge is -2.28. The van der Waals surface area contributed by atoms with Gasteiger partial charge in [0.2, 0.25) is 0 Å². The van der Waals surface area contributed by atoms with Crippen molar-refractivity contribution in [1.29, 1.82) is 0 Å². The SMILES string of the molecule is CC(C)CNCCCCN(CC(C)C)C(C)C. The van der Waals surface area contributed by atoms with Crippen molar-refractivity contribution >= 4 is 0 Å². The number of hydrogen-bond donors (Lipinski definition) is 1. The van der Waals surface area contributed by atoms with Crippen LogP contribution in [0.4, 0.5) is 0 Å². The highest BCUT2D eigenvalue weighted by molar-refractivity contribution is 4.65. The second kappa shape index (κ2) is 9.90. The minimum atomic E-state index is 0.682. The van der Waals surface area contributed by atoms with Gasteiger partial charge in [0.1, 0.15) is 0 Å². The van der Waals surface area contributed by atoms with Gasteiger partial charge >= 0.3 is 0 Å². The molecule has 0 unspecified atom stereocenters. The van der Waals surface area contributed by atoms with Crippen LogP contribution in [0.25, 0.3) is 0 Å². The third kappa shape index (κ3) is 10.8. The van der Waals surface area contributed by atoms with E-state index in [0.717, 1.165) is 18.4 Å². The highest BCUT2D eigenvalue weighted by Gasteiger charge is 2.10. The molecule has 0 spiro atoms. The topological polar surface area (TPSA) is 15.3 Å². The minimum absolute atomic E-state index is 0.682. The number of hydrogen-bond acceptors (Lipinski definition) is 2. The molecule has 104 valence electrons. The lowest BCUT2D eigenvalue weighted by atomic mass is 10.1. The fraction of sp³-hybridized carbons (Fsp3) is 1.00. The summed E-state index contributed by atoms with van der Waals surface area (Å²) >= 11 is 0. The predicted octanol–water partition coefficient (Wildman–Crippen LogP) is 3.38. The summed E-state index contributed by atoms with van der Waals surface area (Å²) in [5.41, 5.74) is 0. The monoisotopic (exact) mass is 242 g/mol.